The number of nitro groups is 1. The molecular formula is C11H6N6O2S. The summed E-state index contributed by atoms with van der Waals surface area (Å²) in [4.78, 5) is 18.7. The zero-order chi connectivity index (χ0) is 14.3. The van der Waals surface area contributed by atoms with Gasteiger partial charge in [0.05, 0.1) is 20.1 Å². The lowest BCUT2D eigenvalue weighted by Gasteiger charge is -2.01. The first-order valence-electron chi connectivity index (χ1n) is 5.46. The normalized spacial score (nSPS) is 10.6. The molecule has 0 saturated heterocycles. The van der Waals surface area contributed by atoms with Crippen molar-refractivity contribution in [3.05, 3.63) is 39.4 Å². The van der Waals surface area contributed by atoms with Gasteiger partial charge in [0, 0.05) is 6.07 Å². The fourth-order valence-corrected chi connectivity index (χ4v) is 2.67. The van der Waals surface area contributed by atoms with Crippen molar-refractivity contribution < 1.29 is 4.92 Å². The predicted octanol–water partition coefficient (Wildman–Crippen LogP) is 1.97. The summed E-state index contributed by atoms with van der Waals surface area (Å²) in [5.74, 6) is -0.0474. The van der Waals surface area contributed by atoms with Crippen LogP contribution in [-0.4, -0.2) is 24.7 Å². The number of fused-ring (bicyclic) bond motifs is 1. The van der Waals surface area contributed by atoms with E-state index in [4.69, 9.17) is 5.26 Å². The Morgan fingerprint density at radius 1 is 1.50 bits per heavy atom. The molecule has 1 aromatic carbocycles. The van der Waals surface area contributed by atoms with Crippen molar-refractivity contribution in [1.82, 2.24) is 19.7 Å². The van der Waals surface area contributed by atoms with Crippen molar-refractivity contribution in [2.24, 2.45) is 0 Å². The minimum atomic E-state index is -0.489. The average molecular weight is 286 g/mol. The lowest BCUT2D eigenvalue weighted by atomic mass is 10.2. The Bertz CT molecular complexity index is 875. The monoisotopic (exact) mass is 286 g/mol. The second-order valence-electron chi connectivity index (χ2n) is 3.92. The van der Waals surface area contributed by atoms with E-state index < -0.39 is 4.92 Å². The van der Waals surface area contributed by atoms with Crippen LogP contribution in [0.4, 0.5) is 5.69 Å². The molecule has 2 aromatic heterocycles. The Morgan fingerprint density at radius 2 is 2.30 bits per heavy atom. The van der Waals surface area contributed by atoms with E-state index in [9.17, 15) is 10.1 Å². The number of thiazole rings is 1. The Labute approximate surface area is 116 Å². The lowest BCUT2D eigenvalue weighted by Crippen LogP contribution is -2.01. The molecule has 0 unspecified atom stereocenters. The maximum atomic E-state index is 11.2. The molecule has 0 bridgehead atoms. The maximum Gasteiger partial charge on any atom is 0.296 e. The number of rotatable bonds is 2. The summed E-state index contributed by atoms with van der Waals surface area (Å²) in [6, 6.07) is 4.82. The van der Waals surface area contributed by atoms with Crippen LogP contribution >= 0.6 is 11.3 Å². The molecule has 3 rings (SSSR count). The third-order valence-electron chi connectivity index (χ3n) is 2.63. The van der Waals surface area contributed by atoms with E-state index in [1.54, 1.807) is 12.1 Å². The smallest absolute Gasteiger partial charge is 0.258 e. The maximum absolute atomic E-state index is 11.2. The fraction of sp³-hybridized carbons (Fsp3) is 0.0909. The van der Waals surface area contributed by atoms with Gasteiger partial charge in [-0.1, -0.05) is 0 Å². The number of nitrogens with zero attached hydrogens (tertiary/aromatic N) is 6. The molecule has 0 N–H and O–H groups in total. The minimum absolute atomic E-state index is 0.0474. The number of nitro benzene ring substituents is 1. The van der Waals surface area contributed by atoms with E-state index in [0.717, 1.165) is 9.71 Å². The third-order valence-corrected chi connectivity index (χ3v) is 3.56. The van der Waals surface area contributed by atoms with Crippen LogP contribution in [0, 0.1) is 28.4 Å². The highest BCUT2D eigenvalue weighted by atomic mass is 32.1. The molecule has 8 nitrogen and oxygen atoms in total. The molecule has 20 heavy (non-hydrogen) atoms. The van der Waals surface area contributed by atoms with E-state index in [2.05, 4.69) is 15.1 Å². The van der Waals surface area contributed by atoms with Crippen LogP contribution < -0.4 is 0 Å². The van der Waals surface area contributed by atoms with Gasteiger partial charge in [-0.3, -0.25) is 10.1 Å². The Hall–Kier alpha value is -2.86. The first kappa shape index (κ1) is 12.2. The van der Waals surface area contributed by atoms with Gasteiger partial charge in [-0.15, -0.1) is 16.4 Å². The highest BCUT2D eigenvalue weighted by molar-refractivity contribution is 7.18. The van der Waals surface area contributed by atoms with E-state index in [-0.39, 0.29) is 17.2 Å². The van der Waals surface area contributed by atoms with Crippen LogP contribution in [0.25, 0.3) is 15.9 Å². The van der Waals surface area contributed by atoms with Gasteiger partial charge in [0.15, 0.2) is 0 Å². The zero-order valence-corrected chi connectivity index (χ0v) is 11.0. The number of hydrogen-bond donors (Lipinski definition) is 0. The van der Waals surface area contributed by atoms with Gasteiger partial charge >= 0.3 is 0 Å². The van der Waals surface area contributed by atoms with E-state index >= 15 is 0 Å². The molecular weight excluding hydrogens is 280 g/mol. The standard InChI is InChI=1S/C11H6N6O2S/c1-6-14-7-2-8(16-5-13-11(4-12)15-16)9(17(18)19)3-10(7)20-6/h2-3,5H,1H3. The fourth-order valence-electron chi connectivity index (χ4n) is 1.83. The molecule has 0 atom stereocenters. The summed E-state index contributed by atoms with van der Waals surface area (Å²) in [7, 11) is 0. The van der Waals surface area contributed by atoms with Gasteiger partial charge in [-0.2, -0.15) is 5.26 Å². The quantitative estimate of drug-likeness (QED) is 0.526. The molecule has 0 amide bonds. The molecule has 9 heteroatoms. The molecule has 0 saturated carbocycles. The van der Waals surface area contributed by atoms with Crippen molar-refractivity contribution >= 4 is 27.2 Å². The first-order chi connectivity index (χ1) is 9.58. The first-order valence-corrected chi connectivity index (χ1v) is 6.28. The third kappa shape index (κ3) is 1.88. The predicted molar refractivity (Wildman–Crippen MR) is 70.6 cm³/mol. The van der Waals surface area contributed by atoms with Crippen LogP contribution in [0.15, 0.2) is 18.5 Å². The van der Waals surface area contributed by atoms with Gasteiger partial charge in [0.2, 0.25) is 0 Å². The summed E-state index contributed by atoms with van der Waals surface area (Å²) in [5, 5.41) is 24.6. The van der Waals surface area contributed by atoms with Crippen LogP contribution in [0.3, 0.4) is 0 Å². The van der Waals surface area contributed by atoms with E-state index in [1.807, 2.05) is 6.92 Å². The molecule has 0 radical (unpaired) electrons. The van der Waals surface area contributed by atoms with Crippen LogP contribution in [0.2, 0.25) is 0 Å². The van der Waals surface area contributed by atoms with Gasteiger partial charge in [-0.25, -0.2) is 14.6 Å². The van der Waals surface area contributed by atoms with Crippen molar-refractivity contribution in [2.45, 2.75) is 6.92 Å². The molecule has 0 aliphatic carbocycles. The Balaban J connectivity index is 2.29. The highest BCUT2D eigenvalue weighted by Gasteiger charge is 2.19. The van der Waals surface area contributed by atoms with Crippen LogP contribution in [0.5, 0.6) is 0 Å². The number of aromatic nitrogens is 4. The summed E-state index contributed by atoms with van der Waals surface area (Å²) in [6.07, 6.45) is 1.27. The molecule has 0 aliphatic rings. The summed E-state index contributed by atoms with van der Waals surface area (Å²) in [5.41, 5.74) is 0.791. The summed E-state index contributed by atoms with van der Waals surface area (Å²) in [6.45, 7) is 1.83. The van der Waals surface area contributed by atoms with Gasteiger partial charge < -0.3 is 0 Å². The highest BCUT2D eigenvalue weighted by Crippen LogP contribution is 2.31. The number of benzene rings is 1. The summed E-state index contributed by atoms with van der Waals surface area (Å²) >= 11 is 1.38. The van der Waals surface area contributed by atoms with Gasteiger partial charge in [-0.05, 0) is 13.0 Å². The van der Waals surface area contributed by atoms with Crippen LogP contribution in [0.1, 0.15) is 10.8 Å². The largest absolute Gasteiger partial charge is 0.296 e. The Morgan fingerprint density at radius 3 is 2.95 bits per heavy atom. The van der Waals surface area contributed by atoms with Gasteiger partial charge in [0.1, 0.15) is 18.1 Å². The van der Waals surface area contributed by atoms with Crippen molar-refractivity contribution in [2.75, 3.05) is 0 Å². The molecule has 0 spiro atoms. The Kier molecular flexibility index (Phi) is 2.66. The second-order valence-corrected chi connectivity index (χ2v) is 5.16. The van der Waals surface area contributed by atoms with E-state index in [1.165, 1.54) is 28.4 Å². The SMILES string of the molecule is Cc1nc2cc(-n3cnc(C#N)n3)c([N+](=O)[O-])cc2s1. The topological polar surface area (TPSA) is 111 Å². The lowest BCUT2D eigenvalue weighted by molar-refractivity contribution is -0.384. The molecule has 2 heterocycles. The van der Waals surface area contributed by atoms with Gasteiger partial charge in [0.25, 0.3) is 11.5 Å². The number of nitriles is 1. The molecule has 0 aliphatic heterocycles. The van der Waals surface area contributed by atoms with Crippen molar-refractivity contribution in [1.29, 1.82) is 5.26 Å². The minimum Gasteiger partial charge on any atom is -0.258 e. The zero-order valence-electron chi connectivity index (χ0n) is 10.1. The molecule has 3 aromatic rings. The van der Waals surface area contributed by atoms with Crippen LogP contribution in [-0.2, 0) is 0 Å². The second kappa shape index (κ2) is 4.36. The average Bonchev–Trinajstić information content (AvgIpc) is 3.01. The number of aryl methyl sites for hydroxylation is 1. The van der Waals surface area contributed by atoms with Crippen molar-refractivity contribution in [3.63, 3.8) is 0 Å². The molecule has 0 fully saturated rings. The number of hydrogen-bond acceptors (Lipinski definition) is 7. The van der Waals surface area contributed by atoms with Crippen molar-refractivity contribution in [3.8, 4) is 11.8 Å². The summed E-state index contributed by atoms with van der Waals surface area (Å²) < 4.78 is 1.95. The molecule has 98 valence electrons. The van der Waals surface area contributed by atoms with E-state index in [0.29, 0.717) is 5.52 Å².